The van der Waals surface area contributed by atoms with E-state index in [2.05, 4.69) is 249 Å². The zero-order valence-electron chi connectivity index (χ0n) is 39.0. The van der Waals surface area contributed by atoms with Gasteiger partial charge in [0.25, 0.3) is 0 Å². The van der Waals surface area contributed by atoms with E-state index in [1.807, 2.05) is 0 Å². The van der Waals surface area contributed by atoms with Gasteiger partial charge >= 0.3 is 6.85 Å². The second kappa shape index (κ2) is 14.1. The van der Waals surface area contributed by atoms with Crippen LogP contribution >= 0.6 is 0 Å². The molecule has 2 aliphatic carbocycles. The molecule has 8 aromatic carbocycles. The summed E-state index contributed by atoms with van der Waals surface area (Å²) in [4.78, 5) is 7.98. The number of hydrogen-bond acceptors (Lipinski definition) is 4. The average Bonchev–Trinajstić information content (AvgIpc) is 3.75. The fourth-order valence-electron chi connectivity index (χ4n) is 13.5. The maximum atomic E-state index is 6.95. The molecule has 68 heavy (non-hydrogen) atoms. The molecule has 0 saturated heterocycles. The van der Waals surface area contributed by atoms with E-state index >= 15 is 0 Å². The second-order valence-electron chi connectivity index (χ2n) is 20.0. The Morgan fingerprint density at radius 3 is 2.09 bits per heavy atom. The quantitative estimate of drug-likeness (QED) is 0.130. The van der Waals surface area contributed by atoms with E-state index in [9.17, 15) is 0 Å². The van der Waals surface area contributed by atoms with E-state index in [0.717, 1.165) is 27.9 Å². The van der Waals surface area contributed by atoms with Crippen LogP contribution in [0.2, 0.25) is 0 Å². The van der Waals surface area contributed by atoms with Gasteiger partial charge in [0, 0.05) is 73.6 Å². The van der Waals surface area contributed by atoms with Crippen molar-refractivity contribution in [3.05, 3.63) is 228 Å². The minimum atomic E-state index is -0.516. The summed E-state index contributed by atoms with van der Waals surface area (Å²) in [5.41, 5.74) is 22.2. The smallest absolute Gasteiger partial charge is 0.332 e. The predicted molar refractivity (Wildman–Crippen MR) is 285 cm³/mol. The number of para-hydroxylation sites is 3. The molecule has 1 aromatic heterocycles. The normalized spacial score (nSPS) is 21.9. The topological polar surface area (TPSA) is 22.9 Å². The third kappa shape index (κ3) is 5.22. The van der Waals surface area contributed by atoms with Crippen molar-refractivity contribution in [2.24, 2.45) is 11.8 Å². The Bertz CT molecular complexity index is 3680. The highest BCUT2D eigenvalue weighted by atomic mass is 16.3. The summed E-state index contributed by atoms with van der Waals surface area (Å²) in [5.74, 6) is 0.283. The Morgan fingerprint density at radius 1 is 0.588 bits per heavy atom. The summed E-state index contributed by atoms with van der Waals surface area (Å²) in [7, 11) is 0. The van der Waals surface area contributed by atoms with Gasteiger partial charge in [-0.25, -0.2) is 0 Å². The molecule has 4 bridgehead atoms. The number of anilines is 6. The van der Waals surface area contributed by atoms with Crippen LogP contribution in [0, 0.1) is 18.8 Å². The van der Waals surface area contributed by atoms with Crippen LogP contribution in [0.1, 0.15) is 38.8 Å². The zero-order valence-corrected chi connectivity index (χ0v) is 39.0. The lowest BCUT2D eigenvalue weighted by atomic mass is 9.42. The van der Waals surface area contributed by atoms with Gasteiger partial charge in [0.2, 0.25) is 0 Å². The lowest BCUT2D eigenvalue weighted by molar-refractivity contribution is 0.474. The average molecular weight is 876 g/mol. The van der Waals surface area contributed by atoms with Crippen LogP contribution in [-0.4, -0.2) is 12.4 Å². The van der Waals surface area contributed by atoms with Crippen LogP contribution < -0.4 is 25.5 Å². The molecule has 4 unspecified atom stereocenters. The lowest BCUT2D eigenvalue weighted by Crippen LogP contribution is -2.65. The molecule has 0 spiro atoms. The molecule has 0 N–H and O–H groups in total. The molecule has 0 fully saturated rings. The Morgan fingerprint density at radius 2 is 1.29 bits per heavy atom. The first-order valence-corrected chi connectivity index (χ1v) is 24.3. The van der Waals surface area contributed by atoms with Crippen molar-refractivity contribution in [3.8, 4) is 22.3 Å². The maximum Gasteiger partial charge on any atom is 0.332 e. The summed E-state index contributed by atoms with van der Waals surface area (Å²) in [6.07, 6.45) is 7.68. The Balaban J connectivity index is 1.16. The largest absolute Gasteiger partial charge is 0.456 e. The molecule has 4 heterocycles. The fourth-order valence-corrected chi connectivity index (χ4v) is 13.5. The number of nitrogens with zero attached hydrogens (tertiary/aromatic N) is 3. The van der Waals surface area contributed by atoms with E-state index in [-0.39, 0.29) is 18.7 Å². The number of fused-ring (bicyclic) bond motifs is 10. The summed E-state index contributed by atoms with van der Waals surface area (Å²) in [6.45, 7) is 12.0. The molecule has 9 aromatic rings. The Hall–Kier alpha value is -7.76. The molecule has 5 heteroatoms. The van der Waals surface area contributed by atoms with E-state index in [1.165, 1.54) is 89.3 Å². The minimum Gasteiger partial charge on any atom is -0.456 e. The SMILES string of the molecule is Cc1cc(-c2ccccc2)ccc1N1c2ccc3cc2B2c4c1cc1oc5ccccc5c1c4-c1ccccc1N2C1=CC(C)(c2ccccc2)C2=C(C1C)C(C)(C=CC2C)N3c1ccccc1. The molecule has 4 nitrogen and oxygen atoms in total. The number of rotatable bonds is 4. The monoisotopic (exact) mass is 875 g/mol. The second-order valence-corrected chi connectivity index (χ2v) is 20.0. The van der Waals surface area contributed by atoms with Crippen molar-refractivity contribution in [1.82, 2.24) is 0 Å². The Labute approximate surface area is 398 Å². The molecule has 14 rings (SSSR count). The summed E-state index contributed by atoms with van der Waals surface area (Å²) in [5, 5.41) is 2.32. The summed E-state index contributed by atoms with van der Waals surface area (Å²) < 4.78 is 6.95. The number of furan rings is 1. The lowest BCUT2D eigenvalue weighted by Gasteiger charge is -2.56. The van der Waals surface area contributed by atoms with Crippen molar-refractivity contribution in [2.75, 3.05) is 14.6 Å². The van der Waals surface area contributed by atoms with Gasteiger partial charge in [0.05, 0.1) is 5.54 Å². The first-order chi connectivity index (χ1) is 33.2. The standard InChI is InChI=1S/C63H50BN3O/c1-39-33-34-63(5)60-41(3)54(38-62(4,59(39)60)44-21-11-7-12-22-44)67-51-27-17-15-25-47(51)58-57-48-26-16-18-28-55(48)68-56(57)37-53-61(58)64(67)49-36-46(66(63)45-23-13-8-14-24-45)30-32-52(49)65(53)50-31-29-43(35-40(50)2)42-19-9-6-10-20-42/h6-39,41H,1-5H3. The minimum absolute atomic E-state index is 0.0557. The summed E-state index contributed by atoms with van der Waals surface area (Å²) in [6, 6.07) is 67.6. The van der Waals surface area contributed by atoms with Gasteiger partial charge in [-0.15, -0.1) is 0 Å². The number of hydrogen-bond donors (Lipinski definition) is 0. The first-order valence-electron chi connectivity index (χ1n) is 24.3. The van der Waals surface area contributed by atoms with Crippen molar-refractivity contribution in [1.29, 1.82) is 0 Å². The van der Waals surface area contributed by atoms with Crippen molar-refractivity contribution in [2.45, 2.75) is 45.6 Å². The van der Waals surface area contributed by atoms with Gasteiger partial charge in [-0.3, -0.25) is 0 Å². The zero-order chi connectivity index (χ0) is 45.6. The van der Waals surface area contributed by atoms with E-state index in [0.29, 0.717) is 0 Å². The number of aryl methyl sites for hydroxylation is 1. The van der Waals surface area contributed by atoms with Crippen LogP contribution in [0.25, 0.3) is 44.2 Å². The van der Waals surface area contributed by atoms with Crippen LogP contribution in [0.3, 0.4) is 0 Å². The number of allylic oxidation sites excluding steroid dienone is 4. The van der Waals surface area contributed by atoms with Crippen molar-refractivity contribution in [3.63, 3.8) is 0 Å². The van der Waals surface area contributed by atoms with E-state index in [4.69, 9.17) is 4.42 Å². The van der Waals surface area contributed by atoms with Gasteiger partial charge < -0.3 is 19.0 Å². The van der Waals surface area contributed by atoms with Gasteiger partial charge in [0.15, 0.2) is 0 Å². The van der Waals surface area contributed by atoms with Crippen LogP contribution in [-0.2, 0) is 5.41 Å². The fraction of sp³-hybridized carbons (Fsp3) is 0.143. The maximum absolute atomic E-state index is 6.95. The third-order valence-electron chi connectivity index (χ3n) is 16.2. The van der Waals surface area contributed by atoms with E-state index in [1.54, 1.807) is 0 Å². The molecule has 326 valence electrons. The number of benzene rings is 8. The highest BCUT2D eigenvalue weighted by Gasteiger charge is 2.55. The molecular formula is C63H50BN3O. The summed E-state index contributed by atoms with van der Waals surface area (Å²) >= 11 is 0. The third-order valence-corrected chi connectivity index (χ3v) is 16.2. The highest BCUT2D eigenvalue weighted by molar-refractivity contribution is 6.93. The van der Waals surface area contributed by atoms with Gasteiger partial charge in [-0.05, 0) is 131 Å². The van der Waals surface area contributed by atoms with Crippen LogP contribution in [0.15, 0.2) is 221 Å². The molecule has 3 aliphatic heterocycles. The molecular weight excluding hydrogens is 826 g/mol. The van der Waals surface area contributed by atoms with E-state index < -0.39 is 11.0 Å². The molecule has 0 amide bonds. The van der Waals surface area contributed by atoms with Gasteiger partial charge in [-0.1, -0.05) is 153 Å². The van der Waals surface area contributed by atoms with Crippen molar-refractivity contribution >= 4 is 73.8 Å². The van der Waals surface area contributed by atoms with Crippen LogP contribution in [0.4, 0.5) is 34.1 Å². The molecule has 0 radical (unpaired) electrons. The molecule has 4 atom stereocenters. The highest BCUT2D eigenvalue weighted by Crippen LogP contribution is 2.59. The first kappa shape index (κ1) is 39.4. The molecule has 0 saturated carbocycles. The van der Waals surface area contributed by atoms with Gasteiger partial charge in [0.1, 0.15) is 11.2 Å². The Kier molecular flexibility index (Phi) is 8.19. The predicted octanol–water partition coefficient (Wildman–Crippen LogP) is 14.8. The molecule has 5 aliphatic rings. The van der Waals surface area contributed by atoms with Gasteiger partial charge in [-0.2, -0.15) is 0 Å². The van der Waals surface area contributed by atoms with Crippen LogP contribution in [0.5, 0.6) is 0 Å². The van der Waals surface area contributed by atoms with Crippen molar-refractivity contribution < 1.29 is 4.42 Å².